The summed E-state index contributed by atoms with van der Waals surface area (Å²) < 4.78 is 18.6. The minimum Gasteiger partial charge on any atom is -0.444 e. The first-order valence-electron chi connectivity index (χ1n) is 7.28. The van der Waals surface area contributed by atoms with E-state index in [-0.39, 0.29) is 18.0 Å². The molecule has 1 heterocycles. The summed E-state index contributed by atoms with van der Waals surface area (Å²) in [6.45, 7) is 6.28. The van der Waals surface area contributed by atoms with Gasteiger partial charge >= 0.3 is 6.09 Å². The molecule has 0 aromatic heterocycles. The summed E-state index contributed by atoms with van der Waals surface area (Å²) in [5.41, 5.74) is 0.308. The summed E-state index contributed by atoms with van der Waals surface area (Å²) in [6.07, 6.45) is 5.39. The molecule has 0 aliphatic carbocycles. The number of hydrogen-bond donors (Lipinski definition) is 0. The van der Waals surface area contributed by atoms with E-state index < -0.39 is 5.60 Å². The molecule has 0 radical (unpaired) electrons. The Kier molecular flexibility index (Phi) is 4.66. The summed E-state index contributed by atoms with van der Waals surface area (Å²) in [5.74, 6) is -0.257. The lowest BCUT2D eigenvalue weighted by atomic mass is 10.1. The molecule has 0 unspecified atom stereocenters. The summed E-state index contributed by atoms with van der Waals surface area (Å²) in [6, 6.07) is 6.42. The van der Waals surface area contributed by atoms with Gasteiger partial charge in [-0.05, 0) is 51.3 Å². The van der Waals surface area contributed by atoms with E-state index in [1.807, 2.05) is 39.0 Å². The maximum absolute atomic E-state index is 13.1. The van der Waals surface area contributed by atoms with Crippen molar-refractivity contribution >= 4 is 12.2 Å². The quantitative estimate of drug-likeness (QED) is 0.815. The summed E-state index contributed by atoms with van der Waals surface area (Å²) in [5, 5.41) is 0. The van der Waals surface area contributed by atoms with Crippen LogP contribution in [0.25, 0.3) is 6.08 Å². The van der Waals surface area contributed by atoms with E-state index in [1.54, 1.807) is 11.0 Å². The van der Waals surface area contributed by atoms with Gasteiger partial charge in [0.1, 0.15) is 11.4 Å². The number of likely N-dealkylation sites (tertiary alicyclic amines) is 1. The topological polar surface area (TPSA) is 29.5 Å². The Balaban J connectivity index is 2.03. The van der Waals surface area contributed by atoms with Crippen LogP contribution in [0, 0.1) is 5.82 Å². The van der Waals surface area contributed by atoms with Crippen molar-refractivity contribution in [1.29, 1.82) is 0 Å². The standard InChI is InChI=1S/C17H22FNO2/c1-17(2,3)21-16(20)19-11-5-8-15(19)10-9-13-6-4-7-14(18)12-13/h4,6-7,9-10,12,15H,5,8,11H2,1-3H3/t15-/m0/s1. The van der Waals surface area contributed by atoms with Crippen LogP contribution in [0.2, 0.25) is 0 Å². The van der Waals surface area contributed by atoms with Crippen LogP contribution < -0.4 is 0 Å². The second kappa shape index (κ2) is 6.29. The number of benzene rings is 1. The molecule has 1 fully saturated rings. The van der Waals surface area contributed by atoms with Crippen molar-refractivity contribution in [1.82, 2.24) is 4.90 Å². The van der Waals surface area contributed by atoms with Crippen molar-refractivity contribution in [2.24, 2.45) is 0 Å². The second-order valence-electron chi connectivity index (χ2n) is 6.30. The third kappa shape index (κ3) is 4.59. The van der Waals surface area contributed by atoms with E-state index in [2.05, 4.69) is 0 Å². The van der Waals surface area contributed by atoms with Gasteiger partial charge in [0.05, 0.1) is 6.04 Å². The molecule has 114 valence electrons. The number of halogens is 1. The van der Waals surface area contributed by atoms with Crippen molar-refractivity contribution in [2.45, 2.75) is 45.3 Å². The minimum absolute atomic E-state index is 0.0168. The normalized spacial score (nSPS) is 19.2. The molecule has 0 N–H and O–H groups in total. The summed E-state index contributed by atoms with van der Waals surface area (Å²) >= 11 is 0. The molecule has 1 aliphatic rings. The lowest BCUT2D eigenvalue weighted by Crippen LogP contribution is -2.39. The predicted octanol–water partition coefficient (Wildman–Crippen LogP) is 4.24. The zero-order chi connectivity index (χ0) is 15.5. The average molecular weight is 291 g/mol. The SMILES string of the molecule is CC(C)(C)OC(=O)N1CCC[C@H]1C=Cc1cccc(F)c1. The van der Waals surface area contributed by atoms with Crippen LogP contribution in [0.3, 0.4) is 0 Å². The van der Waals surface area contributed by atoms with E-state index >= 15 is 0 Å². The maximum atomic E-state index is 13.1. The molecule has 1 aliphatic heterocycles. The molecule has 1 aromatic carbocycles. The Morgan fingerprint density at radius 1 is 1.43 bits per heavy atom. The lowest BCUT2D eigenvalue weighted by Gasteiger charge is -2.27. The molecule has 3 nitrogen and oxygen atoms in total. The van der Waals surface area contributed by atoms with Gasteiger partial charge in [-0.1, -0.05) is 24.3 Å². The molecule has 4 heteroatoms. The molecule has 1 aromatic rings. The largest absolute Gasteiger partial charge is 0.444 e. The highest BCUT2D eigenvalue weighted by Crippen LogP contribution is 2.22. The van der Waals surface area contributed by atoms with Gasteiger partial charge in [0, 0.05) is 6.54 Å². The van der Waals surface area contributed by atoms with Crippen molar-refractivity contribution in [3.63, 3.8) is 0 Å². The van der Waals surface area contributed by atoms with Gasteiger partial charge < -0.3 is 9.64 Å². The van der Waals surface area contributed by atoms with Crippen molar-refractivity contribution in [3.05, 3.63) is 41.7 Å². The van der Waals surface area contributed by atoms with Crippen molar-refractivity contribution < 1.29 is 13.9 Å². The van der Waals surface area contributed by atoms with Gasteiger partial charge in [-0.15, -0.1) is 0 Å². The molecule has 0 saturated carbocycles. The third-order valence-electron chi connectivity index (χ3n) is 3.29. The van der Waals surface area contributed by atoms with Gasteiger partial charge in [-0.2, -0.15) is 0 Å². The van der Waals surface area contributed by atoms with Crippen LogP contribution in [0.4, 0.5) is 9.18 Å². The monoisotopic (exact) mass is 291 g/mol. The highest BCUT2D eigenvalue weighted by molar-refractivity contribution is 5.69. The second-order valence-corrected chi connectivity index (χ2v) is 6.30. The first-order valence-corrected chi connectivity index (χ1v) is 7.28. The number of carbonyl (C=O) groups is 1. The summed E-state index contributed by atoms with van der Waals surface area (Å²) in [4.78, 5) is 13.9. The van der Waals surface area contributed by atoms with Gasteiger partial charge in [-0.3, -0.25) is 0 Å². The Hall–Kier alpha value is -1.84. The fourth-order valence-electron chi connectivity index (χ4n) is 2.37. The van der Waals surface area contributed by atoms with Gasteiger partial charge in [-0.25, -0.2) is 9.18 Å². The van der Waals surface area contributed by atoms with Crippen LogP contribution >= 0.6 is 0 Å². The zero-order valence-electron chi connectivity index (χ0n) is 12.8. The molecule has 21 heavy (non-hydrogen) atoms. The van der Waals surface area contributed by atoms with Gasteiger partial charge in [0.25, 0.3) is 0 Å². The first kappa shape index (κ1) is 15.5. The first-order chi connectivity index (χ1) is 9.85. The Morgan fingerprint density at radius 2 is 2.19 bits per heavy atom. The van der Waals surface area contributed by atoms with Crippen LogP contribution in [-0.2, 0) is 4.74 Å². The van der Waals surface area contributed by atoms with Crippen LogP contribution in [0.5, 0.6) is 0 Å². The van der Waals surface area contributed by atoms with E-state index in [0.717, 1.165) is 18.4 Å². The van der Waals surface area contributed by atoms with Crippen LogP contribution in [-0.4, -0.2) is 29.2 Å². The number of amides is 1. The molecule has 2 rings (SSSR count). The average Bonchev–Trinajstić information content (AvgIpc) is 2.83. The lowest BCUT2D eigenvalue weighted by molar-refractivity contribution is 0.0256. The van der Waals surface area contributed by atoms with E-state index in [1.165, 1.54) is 12.1 Å². The van der Waals surface area contributed by atoms with Crippen molar-refractivity contribution in [3.8, 4) is 0 Å². The van der Waals surface area contributed by atoms with Gasteiger partial charge in [0.2, 0.25) is 0 Å². The number of rotatable bonds is 2. The summed E-state index contributed by atoms with van der Waals surface area (Å²) in [7, 11) is 0. The molecule has 0 bridgehead atoms. The fourth-order valence-corrected chi connectivity index (χ4v) is 2.37. The highest BCUT2D eigenvalue weighted by Gasteiger charge is 2.30. The van der Waals surface area contributed by atoms with E-state index in [4.69, 9.17) is 4.74 Å². The van der Waals surface area contributed by atoms with E-state index in [0.29, 0.717) is 6.54 Å². The highest BCUT2D eigenvalue weighted by atomic mass is 19.1. The van der Waals surface area contributed by atoms with E-state index in [9.17, 15) is 9.18 Å². The fraction of sp³-hybridized carbons (Fsp3) is 0.471. The molecule has 1 saturated heterocycles. The predicted molar refractivity (Wildman–Crippen MR) is 81.4 cm³/mol. The van der Waals surface area contributed by atoms with Crippen LogP contribution in [0.1, 0.15) is 39.2 Å². The number of hydrogen-bond acceptors (Lipinski definition) is 2. The van der Waals surface area contributed by atoms with Gasteiger partial charge in [0.15, 0.2) is 0 Å². The maximum Gasteiger partial charge on any atom is 0.410 e. The Morgan fingerprint density at radius 3 is 2.86 bits per heavy atom. The number of carbonyl (C=O) groups excluding carboxylic acids is 1. The van der Waals surface area contributed by atoms with Crippen LogP contribution in [0.15, 0.2) is 30.3 Å². The molecule has 0 spiro atoms. The smallest absolute Gasteiger partial charge is 0.410 e. The Bertz CT molecular complexity index is 534. The zero-order valence-corrected chi connectivity index (χ0v) is 12.8. The molecule has 1 amide bonds. The number of ether oxygens (including phenoxy) is 1. The Labute approximate surface area is 125 Å². The number of nitrogens with zero attached hydrogens (tertiary/aromatic N) is 1. The minimum atomic E-state index is -0.490. The molecular formula is C17H22FNO2. The molecular weight excluding hydrogens is 269 g/mol. The van der Waals surface area contributed by atoms with Crippen molar-refractivity contribution in [2.75, 3.05) is 6.54 Å². The third-order valence-corrected chi connectivity index (χ3v) is 3.29. The molecule has 1 atom stereocenters.